The number of hydrogen-bond donors (Lipinski definition) is 3. The van der Waals surface area contributed by atoms with Crippen molar-refractivity contribution in [2.24, 2.45) is 5.73 Å². The molecule has 172 valence electrons. The van der Waals surface area contributed by atoms with E-state index in [1.54, 1.807) is 17.7 Å². The Labute approximate surface area is 194 Å². The SMILES string of the molecule is CC#Cc1coc2nc(CC)n(-c3ccccc3)c(=O)c12.NC(=O)c1c(N)nn2c1NCC=C2. The first-order chi connectivity index (χ1) is 16.5. The molecule has 5 N–H and O–H groups in total. The van der Waals surface area contributed by atoms with Crippen molar-refractivity contribution in [2.75, 3.05) is 17.6 Å². The van der Waals surface area contributed by atoms with E-state index >= 15 is 0 Å². The minimum Gasteiger partial charge on any atom is -0.445 e. The summed E-state index contributed by atoms with van der Waals surface area (Å²) in [6.45, 7) is 4.33. The molecule has 3 aromatic heterocycles. The Balaban J connectivity index is 0.000000180. The van der Waals surface area contributed by atoms with Gasteiger partial charge in [-0.1, -0.05) is 31.0 Å². The van der Waals surface area contributed by atoms with Crippen LogP contribution in [0.2, 0.25) is 0 Å². The average molecular weight is 457 g/mol. The Hall–Kier alpha value is -4.78. The van der Waals surface area contributed by atoms with Crippen molar-refractivity contribution < 1.29 is 9.21 Å². The summed E-state index contributed by atoms with van der Waals surface area (Å²) in [5, 5.41) is 7.32. The summed E-state index contributed by atoms with van der Waals surface area (Å²) in [6, 6.07) is 9.48. The van der Waals surface area contributed by atoms with Gasteiger partial charge in [0, 0.05) is 19.2 Å². The monoisotopic (exact) mass is 457 g/mol. The van der Waals surface area contributed by atoms with Crippen LogP contribution in [-0.2, 0) is 6.42 Å². The molecule has 4 heterocycles. The summed E-state index contributed by atoms with van der Waals surface area (Å²) in [5.41, 5.74) is 12.5. The molecule has 1 aromatic carbocycles. The number of anilines is 2. The number of carbonyl (C=O) groups excluding carboxylic acids is 1. The van der Waals surface area contributed by atoms with Crippen LogP contribution in [-0.4, -0.2) is 31.8 Å². The lowest BCUT2D eigenvalue weighted by Gasteiger charge is -2.10. The molecule has 0 fully saturated rings. The average Bonchev–Trinajstić information content (AvgIpc) is 3.40. The van der Waals surface area contributed by atoms with Gasteiger partial charge in [0.1, 0.15) is 28.9 Å². The fourth-order valence-corrected chi connectivity index (χ4v) is 3.62. The van der Waals surface area contributed by atoms with Crippen LogP contribution in [0, 0.1) is 11.8 Å². The second-order valence-electron chi connectivity index (χ2n) is 7.25. The zero-order valence-electron chi connectivity index (χ0n) is 18.7. The summed E-state index contributed by atoms with van der Waals surface area (Å²) >= 11 is 0. The lowest BCUT2D eigenvalue weighted by Crippen LogP contribution is -2.23. The second-order valence-corrected chi connectivity index (χ2v) is 7.25. The third kappa shape index (κ3) is 4.02. The third-order valence-corrected chi connectivity index (χ3v) is 5.09. The number of amides is 1. The van der Waals surface area contributed by atoms with Crippen LogP contribution in [0.1, 0.15) is 35.6 Å². The molecule has 0 spiro atoms. The Bertz CT molecular complexity index is 1520. The number of nitrogen functional groups attached to an aromatic ring is 1. The van der Waals surface area contributed by atoms with Crippen molar-refractivity contribution in [3.63, 3.8) is 0 Å². The lowest BCUT2D eigenvalue weighted by molar-refractivity contribution is 0.100. The minimum atomic E-state index is -0.568. The number of rotatable bonds is 3. The van der Waals surface area contributed by atoms with E-state index in [4.69, 9.17) is 15.9 Å². The Morgan fingerprint density at radius 2 is 2.06 bits per heavy atom. The van der Waals surface area contributed by atoms with Crippen molar-refractivity contribution in [3.05, 3.63) is 70.0 Å². The van der Waals surface area contributed by atoms with Gasteiger partial charge in [-0.05, 0) is 25.1 Å². The van der Waals surface area contributed by atoms with Crippen molar-refractivity contribution in [3.8, 4) is 17.5 Å². The number of nitrogens with two attached hydrogens (primary N) is 2. The molecule has 0 bridgehead atoms. The van der Waals surface area contributed by atoms with E-state index in [0.717, 1.165) is 5.69 Å². The molecule has 4 aromatic rings. The van der Waals surface area contributed by atoms with Gasteiger partial charge in [-0.15, -0.1) is 11.0 Å². The summed E-state index contributed by atoms with van der Waals surface area (Å²) in [7, 11) is 0. The summed E-state index contributed by atoms with van der Waals surface area (Å²) in [6.07, 6.45) is 5.72. The maximum absolute atomic E-state index is 12.9. The number of carbonyl (C=O) groups is 1. The lowest BCUT2D eigenvalue weighted by atomic mass is 10.2. The maximum atomic E-state index is 12.9. The van der Waals surface area contributed by atoms with Crippen LogP contribution in [0.5, 0.6) is 0 Å². The first-order valence-electron chi connectivity index (χ1n) is 10.6. The number of nitrogens with one attached hydrogen (secondary N) is 1. The number of hydrogen-bond acceptors (Lipinski definition) is 7. The Morgan fingerprint density at radius 3 is 2.74 bits per heavy atom. The van der Waals surface area contributed by atoms with E-state index in [1.807, 2.05) is 43.3 Å². The summed E-state index contributed by atoms with van der Waals surface area (Å²) in [5.74, 6) is 6.50. The molecule has 0 saturated heterocycles. The smallest absolute Gasteiger partial charge is 0.270 e. The molecule has 0 atom stereocenters. The van der Waals surface area contributed by atoms with E-state index in [2.05, 4.69) is 27.2 Å². The largest absolute Gasteiger partial charge is 0.445 e. The standard InChI is InChI=1S/C17H14N2O2.C7H9N5O/c1-3-8-12-11-21-16-15(12)17(20)19(14(4-2)18-16)13-9-6-5-7-10-13;8-5-4(6(9)13)7-10-2-1-3-12(7)11-5/h5-7,9-11H,4H2,1-2H3;1,3,10H,2H2,(H2,8,11)(H2,9,13). The molecule has 1 aliphatic heterocycles. The first kappa shape index (κ1) is 22.4. The normalized spacial score (nSPS) is 11.6. The summed E-state index contributed by atoms with van der Waals surface area (Å²) < 4.78 is 8.51. The molecule has 10 heteroatoms. The van der Waals surface area contributed by atoms with Crippen LogP contribution in [0.25, 0.3) is 23.0 Å². The van der Waals surface area contributed by atoms with Gasteiger partial charge in [0.25, 0.3) is 11.5 Å². The predicted octanol–water partition coefficient (Wildman–Crippen LogP) is 2.37. The van der Waals surface area contributed by atoms with E-state index in [1.165, 1.54) is 10.9 Å². The maximum Gasteiger partial charge on any atom is 0.270 e. The number of aromatic nitrogens is 4. The zero-order valence-corrected chi connectivity index (χ0v) is 18.7. The third-order valence-electron chi connectivity index (χ3n) is 5.09. The Morgan fingerprint density at radius 1 is 1.29 bits per heavy atom. The first-order valence-corrected chi connectivity index (χ1v) is 10.6. The van der Waals surface area contributed by atoms with Crippen LogP contribution in [0.3, 0.4) is 0 Å². The molecular formula is C24H23N7O3. The molecule has 1 aliphatic rings. The number of furan rings is 1. The fourth-order valence-electron chi connectivity index (χ4n) is 3.62. The van der Waals surface area contributed by atoms with Crippen molar-refractivity contribution in [2.45, 2.75) is 20.3 Å². The van der Waals surface area contributed by atoms with E-state index < -0.39 is 5.91 Å². The number of fused-ring (bicyclic) bond motifs is 2. The minimum absolute atomic E-state index is 0.144. The molecule has 34 heavy (non-hydrogen) atoms. The molecule has 0 unspecified atom stereocenters. The fraction of sp³-hybridized carbons (Fsp3) is 0.167. The Kier molecular flexibility index (Phi) is 6.18. The molecule has 5 rings (SSSR count). The van der Waals surface area contributed by atoms with Gasteiger partial charge >= 0.3 is 0 Å². The highest BCUT2D eigenvalue weighted by Crippen LogP contribution is 2.23. The van der Waals surface area contributed by atoms with Gasteiger partial charge in [-0.25, -0.2) is 4.68 Å². The number of primary amides is 1. The van der Waals surface area contributed by atoms with E-state index in [-0.39, 0.29) is 16.9 Å². The number of nitrogens with zero attached hydrogens (tertiary/aromatic N) is 4. The van der Waals surface area contributed by atoms with Gasteiger partial charge in [0.05, 0.1) is 11.3 Å². The van der Waals surface area contributed by atoms with Crippen molar-refractivity contribution in [1.29, 1.82) is 0 Å². The molecule has 0 radical (unpaired) electrons. The van der Waals surface area contributed by atoms with E-state index in [0.29, 0.717) is 41.3 Å². The molecule has 0 saturated carbocycles. The van der Waals surface area contributed by atoms with Gasteiger partial charge in [0.2, 0.25) is 5.71 Å². The number of para-hydroxylation sites is 1. The van der Waals surface area contributed by atoms with Crippen LogP contribution >= 0.6 is 0 Å². The summed E-state index contributed by atoms with van der Waals surface area (Å²) in [4.78, 5) is 28.3. The van der Waals surface area contributed by atoms with Crippen molar-refractivity contribution in [1.82, 2.24) is 19.3 Å². The molecule has 1 amide bonds. The van der Waals surface area contributed by atoms with Gasteiger partial charge < -0.3 is 21.2 Å². The molecule has 10 nitrogen and oxygen atoms in total. The topological polar surface area (TPSA) is 147 Å². The highest BCUT2D eigenvalue weighted by atomic mass is 16.3. The van der Waals surface area contributed by atoms with Crippen molar-refractivity contribution >= 4 is 34.8 Å². The van der Waals surface area contributed by atoms with E-state index in [9.17, 15) is 9.59 Å². The quantitative estimate of drug-likeness (QED) is 0.400. The molecule has 0 aliphatic carbocycles. The highest BCUT2D eigenvalue weighted by molar-refractivity contribution is 6.02. The highest BCUT2D eigenvalue weighted by Gasteiger charge is 2.20. The van der Waals surface area contributed by atoms with Gasteiger partial charge in [0.15, 0.2) is 5.82 Å². The van der Waals surface area contributed by atoms with Gasteiger partial charge in [-0.2, -0.15) is 4.98 Å². The molecular weight excluding hydrogens is 434 g/mol. The predicted molar refractivity (Wildman–Crippen MR) is 131 cm³/mol. The van der Waals surface area contributed by atoms with Crippen LogP contribution in [0.15, 0.2) is 51.9 Å². The number of benzene rings is 1. The number of aryl methyl sites for hydroxylation is 1. The second kappa shape index (κ2) is 9.38. The zero-order chi connectivity index (χ0) is 24.2. The van der Waals surface area contributed by atoms with Crippen LogP contribution in [0.4, 0.5) is 11.6 Å². The van der Waals surface area contributed by atoms with Crippen LogP contribution < -0.4 is 22.3 Å². The van der Waals surface area contributed by atoms with Gasteiger partial charge in [-0.3, -0.25) is 14.2 Å².